The van der Waals surface area contributed by atoms with E-state index < -0.39 is 12.2 Å². The standard InChI is InChI=1S/C16H22O5/c1-21-11-12(8-15(19)10-17)4-2-7-16(20)13-5-3-6-14(18)9-13/h2-3,5-6,9,15-20H,7-8,10-11H2,1H3/t4?,15-,16-/m1/s1. The minimum Gasteiger partial charge on any atom is -0.508 e. The Kier molecular flexibility index (Phi) is 7.75. The summed E-state index contributed by atoms with van der Waals surface area (Å²) in [4.78, 5) is 0. The number of benzene rings is 1. The predicted molar refractivity (Wildman–Crippen MR) is 78.9 cm³/mol. The van der Waals surface area contributed by atoms with E-state index in [1.807, 2.05) is 0 Å². The van der Waals surface area contributed by atoms with Gasteiger partial charge in [0.1, 0.15) is 5.75 Å². The fraction of sp³-hybridized carbons (Fsp3) is 0.438. The van der Waals surface area contributed by atoms with Gasteiger partial charge in [-0.2, -0.15) is 0 Å². The Bertz CT molecular complexity index is 491. The molecule has 0 unspecified atom stereocenters. The van der Waals surface area contributed by atoms with Crippen molar-refractivity contribution in [3.8, 4) is 5.75 Å². The van der Waals surface area contributed by atoms with E-state index in [1.165, 1.54) is 13.2 Å². The average molecular weight is 294 g/mol. The van der Waals surface area contributed by atoms with Crippen LogP contribution in [0.2, 0.25) is 0 Å². The maximum atomic E-state index is 10.0. The van der Waals surface area contributed by atoms with Crippen molar-refractivity contribution < 1.29 is 25.2 Å². The summed E-state index contributed by atoms with van der Waals surface area (Å²) in [5.41, 5.74) is 4.31. The third-order valence-corrected chi connectivity index (χ3v) is 2.91. The minimum atomic E-state index is -0.841. The van der Waals surface area contributed by atoms with Crippen LogP contribution in [0.4, 0.5) is 0 Å². The first-order chi connectivity index (χ1) is 10.1. The van der Waals surface area contributed by atoms with E-state index in [1.54, 1.807) is 24.3 Å². The van der Waals surface area contributed by atoms with Crippen LogP contribution < -0.4 is 0 Å². The number of hydrogen-bond donors (Lipinski definition) is 4. The summed E-state index contributed by atoms with van der Waals surface area (Å²) in [6.45, 7) is -0.0173. The molecule has 1 aromatic rings. The third kappa shape index (κ3) is 6.58. The zero-order valence-corrected chi connectivity index (χ0v) is 12.1. The second-order valence-electron chi connectivity index (χ2n) is 4.77. The molecule has 0 aliphatic heterocycles. The Balaban J connectivity index is 2.69. The van der Waals surface area contributed by atoms with Gasteiger partial charge in [0.2, 0.25) is 0 Å². The quantitative estimate of drug-likeness (QED) is 0.542. The van der Waals surface area contributed by atoms with Crippen molar-refractivity contribution in [2.24, 2.45) is 0 Å². The number of rotatable bonds is 8. The predicted octanol–water partition coefficient (Wildman–Crippen LogP) is 1.29. The summed E-state index contributed by atoms with van der Waals surface area (Å²) in [5, 5.41) is 37.6. The molecule has 4 N–H and O–H groups in total. The molecule has 0 saturated carbocycles. The molecule has 0 aliphatic rings. The molecule has 21 heavy (non-hydrogen) atoms. The summed E-state index contributed by atoms with van der Waals surface area (Å²) in [7, 11) is 1.54. The Morgan fingerprint density at radius 2 is 2.14 bits per heavy atom. The fourth-order valence-electron chi connectivity index (χ4n) is 1.87. The van der Waals surface area contributed by atoms with Gasteiger partial charge in [0.15, 0.2) is 0 Å². The monoisotopic (exact) mass is 294 g/mol. The highest BCUT2D eigenvalue weighted by Crippen LogP contribution is 2.21. The van der Waals surface area contributed by atoms with Gasteiger partial charge >= 0.3 is 0 Å². The van der Waals surface area contributed by atoms with Gasteiger partial charge in [0.05, 0.1) is 25.4 Å². The molecule has 0 heterocycles. The Morgan fingerprint density at radius 1 is 1.38 bits per heavy atom. The largest absolute Gasteiger partial charge is 0.508 e. The topological polar surface area (TPSA) is 90.2 Å². The molecule has 0 aromatic heterocycles. The zero-order chi connectivity index (χ0) is 15.7. The Morgan fingerprint density at radius 3 is 2.76 bits per heavy atom. The first-order valence-electron chi connectivity index (χ1n) is 6.74. The number of aromatic hydroxyl groups is 1. The van der Waals surface area contributed by atoms with E-state index in [2.05, 4.69) is 5.73 Å². The van der Waals surface area contributed by atoms with Crippen LogP contribution in [0.5, 0.6) is 5.75 Å². The molecule has 116 valence electrons. The van der Waals surface area contributed by atoms with Crippen LogP contribution >= 0.6 is 0 Å². The van der Waals surface area contributed by atoms with Crippen molar-refractivity contribution in [2.75, 3.05) is 20.3 Å². The van der Waals surface area contributed by atoms with E-state index >= 15 is 0 Å². The minimum absolute atomic E-state index is 0.109. The number of hydrogen-bond acceptors (Lipinski definition) is 5. The van der Waals surface area contributed by atoms with E-state index in [0.717, 1.165) is 0 Å². The molecule has 5 heteroatoms. The molecular weight excluding hydrogens is 272 g/mol. The number of phenolic OH excluding ortho intramolecular Hbond substituents is 1. The van der Waals surface area contributed by atoms with Crippen LogP contribution in [-0.4, -0.2) is 46.9 Å². The van der Waals surface area contributed by atoms with Gasteiger partial charge in [-0.1, -0.05) is 12.1 Å². The van der Waals surface area contributed by atoms with Crippen LogP contribution in [-0.2, 0) is 4.74 Å². The summed E-state index contributed by atoms with van der Waals surface area (Å²) in [6.07, 6.45) is 0.672. The number of phenols is 1. The summed E-state index contributed by atoms with van der Waals surface area (Å²) < 4.78 is 5.00. The molecular formula is C16H22O5. The number of methoxy groups -OCH3 is 1. The van der Waals surface area contributed by atoms with Gasteiger partial charge in [-0.05, 0) is 29.3 Å². The Hall–Kier alpha value is -1.62. The molecule has 0 spiro atoms. The van der Waals surface area contributed by atoms with E-state index in [0.29, 0.717) is 24.2 Å². The normalized spacial score (nSPS) is 13.3. The lowest BCUT2D eigenvalue weighted by molar-refractivity contribution is 0.0914. The lowest BCUT2D eigenvalue weighted by atomic mass is 10.1. The zero-order valence-electron chi connectivity index (χ0n) is 12.1. The molecule has 1 rings (SSSR count). The molecule has 2 atom stereocenters. The van der Waals surface area contributed by atoms with Gasteiger partial charge in [-0.15, -0.1) is 5.73 Å². The molecule has 1 aromatic carbocycles. The molecule has 0 aliphatic carbocycles. The maximum Gasteiger partial charge on any atom is 0.115 e. The molecule has 0 bridgehead atoms. The van der Waals surface area contributed by atoms with E-state index in [4.69, 9.17) is 9.84 Å². The van der Waals surface area contributed by atoms with Crippen LogP contribution in [0.3, 0.4) is 0 Å². The van der Waals surface area contributed by atoms with Gasteiger partial charge in [0.25, 0.3) is 0 Å². The summed E-state index contributed by atoms with van der Waals surface area (Å²) in [6, 6.07) is 6.45. The third-order valence-electron chi connectivity index (χ3n) is 2.91. The van der Waals surface area contributed by atoms with Gasteiger partial charge in [-0.3, -0.25) is 0 Å². The lowest BCUT2D eigenvalue weighted by Gasteiger charge is -2.09. The van der Waals surface area contributed by atoms with Crippen LogP contribution in [0.1, 0.15) is 24.5 Å². The fourth-order valence-corrected chi connectivity index (χ4v) is 1.87. The second kappa shape index (κ2) is 9.34. The van der Waals surface area contributed by atoms with Crippen LogP contribution in [0.25, 0.3) is 0 Å². The second-order valence-corrected chi connectivity index (χ2v) is 4.77. The summed E-state index contributed by atoms with van der Waals surface area (Å²) >= 11 is 0. The number of aliphatic hydroxyl groups excluding tert-OH is 3. The van der Waals surface area contributed by atoms with Crippen molar-refractivity contribution in [3.05, 3.63) is 47.2 Å². The van der Waals surface area contributed by atoms with Gasteiger partial charge in [0, 0.05) is 20.0 Å². The first-order valence-corrected chi connectivity index (χ1v) is 6.74. The van der Waals surface area contributed by atoms with Gasteiger partial charge in [-0.25, -0.2) is 0 Å². The van der Waals surface area contributed by atoms with Crippen LogP contribution in [0, 0.1) is 0 Å². The number of ether oxygens (including phenoxy) is 1. The van der Waals surface area contributed by atoms with Crippen molar-refractivity contribution in [3.63, 3.8) is 0 Å². The van der Waals surface area contributed by atoms with E-state index in [-0.39, 0.29) is 18.8 Å². The lowest BCUT2D eigenvalue weighted by Crippen LogP contribution is -2.14. The number of aliphatic hydroxyl groups is 3. The maximum absolute atomic E-state index is 10.0. The molecule has 0 radical (unpaired) electrons. The Labute approximate surface area is 124 Å². The van der Waals surface area contributed by atoms with E-state index in [9.17, 15) is 15.3 Å². The van der Waals surface area contributed by atoms with Crippen molar-refractivity contribution >= 4 is 0 Å². The van der Waals surface area contributed by atoms with Crippen molar-refractivity contribution in [1.29, 1.82) is 0 Å². The SMILES string of the molecule is COCC(=C=CC[C@@H](O)c1cccc(O)c1)C[C@@H](O)CO. The smallest absolute Gasteiger partial charge is 0.115 e. The highest BCUT2D eigenvalue weighted by molar-refractivity contribution is 5.28. The molecule has 0 fully saturated rings. The molecule has 0 amide bonds. The highest BCUT2D eigenvalue weighted by atomic mass is 16.5. The highest BCUT2D eigenvalue weighted by Gasteiger charge is 2.07. The summed E-state index contributed by atoms with van der Waals surface area (Å²) in [5.74, 6) is 0.109. The first kappa shape index (κ1) is 17.4. The average Bonchev–Trinajstić information content (AvgIpc) is 2.47. The molecule has 0 saturated heterocycles. The van der Waals surface area contributed by atoms with Gasteiger partial charge < -0.3 is 25.2 Å². The van der Waals surface area contributed by atoms with Crippen molar-refractivity contribution in [2.45, 2.75) is 25.0 Å². The van der Waals surface area contributed by atoms with Crippen LogP contribution in [0.15, 0.2) is 41.6 Å². The van der Waals surface area contributed by atoms with Crippen molar-refractivity contribution in [1.82, 2.24) is 0 Å². The molecule has 5 nitrogen and oxygen atoms in total.